The van der Waals surface area contributed by atoms with Crippen molar-refractivity contribution in [3.63, 3.8) is 0 Å². The van der Waals surface area contributed by atoms with Crippen molar-refractivity contribution in [1.29, 1.82) is 0 Å². The Hall–Kier alpha value is -1.89. The van der Waals surface area contributed by atoms with E-state index < -0.39 is 11.5 Å². The number of piperidine rings is 1. The highest BCUT2D eigenvalue weighted by molar-refractivity contribution is 5.91. The van der Waals surface area contributed by atoms with Crippen LogP contribution >= 0.6 is 0 Å². The molecule has 0 bridgehead atoms. The van der Waals surface area contributed by atoms with Gasteiger partial charge in [0.05, 0.1) is 18.7 Å². The summed E-state index contributed by atoms with van der Waals surface area (Å²) in [6, 6.07) is -1.20. The number of esters is 1. The standard InChI is InChI=1S/C25H45N3O4/c1-11-32-24(31)18(5)14-20(16(2)3)28(10)23(30)21(25(6,7)8)26-22(29)19-13-12-17(4)15-27(19)9/h14,16-17,19-21H,11-13,15H2,1-10H3,(H,26,29)/b18-14+/t17-,19-,20+,21+/m0/s1. The highest BCUT2D eigenvalue weighted by Gasteiger charge is 2.39. The zero-order chi connectivity index (χ0) is 24.8. The third-order valence-corrected chi connectivity index (χ3v) is 6.26. The van der Waals surface area contributed by atoms with E-state index in [9.17, 15) is 14.4 Å². The van der Waals surface area contributed by atoms with E-state index in [1.807, 2.05) is 41.7 Å². The number of ether oxygens (including phenoxy) is 1. The fourth-order valence-electron chi connectivity index (χ4n) is 4.26. The SMILES string of the molecule is CCOC(=O)/C(C)=C/[C@H](C(C)C)N(C)C(=O)[C@@H](NC(=O)[C@@H]1CC[C@H](C)CN1C)C(C)(C)C. The third kappa shape index (κ3) is 7.61. The molecule has 1 aliphatic rings. The molecule has 0 aromatic heterocycles. The molecule has 2 amide bonds. The van der Waals surface area contributed by atoms with Gasteiger partial charge in [0.2, 0.25) is 11.8 Å². The molecule has 1 fully saturated rings. The number of likely N-dealkylation sites (N-methyl/N-ethyl adjacent to an activating group) is 2. The van der Waals surface area contributed by atoms with Crippen molar-refractivity contribution in [3.8, 4) is 0 Å². The Balaban J connectivity index is 3.10. The second kappa shape index (κ2) is 11.8. The van der Waals surface area contributed by atoms with Crippen molar-refractivity contribution in [2.24, 2.45) is 17.3 Å². The Morgan fingerprint density at radius 2 is 1.81 bits per heavy atom. The second-order valence-corrected chi connectivity index (χ2v) is 10.7. The molecule has 0 radical (unpaired) electrons. The minimum atomic E-state index is -0.676. The molecule has 32 heavy (non-hydrogen) atoms. The fourth-order valence-corrected chi connectivity index (χ4v) is 4.26. The Labute approximate surface area is 194 Å². The monoisotopic (exact) mass is 451 g/mol. The van der Waals surface area contributed by atoms with Crippen LogP contribution in [0.1, 0.15) is 68.2 Å². The van der Waals surface area contributed by atoms with Crippen LogP contribution in [0, 0.1) is 17.3 Å². The number of amides is 2. The minimum Gasteiger partial charge on any atom is -0.463 e. The van der Waals surface area contributed by atoms with Gasteiger partial charge in [0.15, 0.2) is 0 Å². The van der Waals surface area contributed by atoms with Crippen LogP contribution in [0.15, 0.2) is 11.6 Å². The van der Waals surface area contributed by atoms with Crippen molar-refractivity contribution >= 4 is 17.8 Å². The van der Waals surface area contributed by atoms with E-state index in [4.69, 9.17) is 4.74 Å². The third-order valence-electron chi connectivity index (χ3n) is 6.26. The van der Waals surface area contributed by atoms with Crippen LogP contribution < -0.4 is 5.32 Å². The molecule has 0 saturated carbocycles. The van der Waals surface area contributed by atoms with Gasteiger partial charge in [-0.2, -0.15) is 0 Å². The first-order chi connectivity index (χ1) is 14.7. The highest BCUT2D eigenvalue weighted by atomic mass is 16.5. The molecule has 7 heteroatoms. The maximum Gasteiger partial charge on any atom is 0.333 e. The molecule has 0 spiro atoms. The van der Waals surface area contributed by atoms with Crippen molar-refractivity contribution < 1.29 is 19.1 Å². The van der Waals surface area contributed by atoms with Crippen molar-refractivity contribution in [1.82, 2.24) is 15.1 Å². The number of hydrogen-bond donors (Lipinski definition) is 1. The summed E-state index contributed by atoms with van der Waals surface area (Å²) in [5, 5.41) is 3.06. The van der Waals surface area contributed by atoms with E-state index >= 15 is 0 Å². The zero-order valence-corrected chi connectivity index (χ0v) is 21.8. The number of likely N-dealkylation sites (tertiary alicyclic amines) is 1. The smallest absolute Gasteiger partial charge is 0.333 e. The first kappa shape index (κ1) is 28.1. The molecule has 1 heterocycles. The number of nitrogens with one attached hydrogen (secondary N) is 1. The van der Waals surface area contributed by atoms with Crippen LogP contribution in [0.25, 0.3) is 0 Å². The zero-order valence-electron chi connectivity index (χ0n) is 21.8. The summed E-state index contributed by atoms with van der Waals surface area (Å²) in [6.07, 6.45) is 3.59. The molecular weight excluding hydrogens is 406 g/mol. The van der Waals surface area contributed by atoms with Gasteiger partial charge in [0, 0.05) is 19.2 Å². The largest absolute Gasteiger partial charge is 0.463 e. The molecule has 4 atom stereocenters. The Bertz CT molecular complexity index is 696. The Kier molecular flexibility index (Phi) is 10.4. The van der Waals surface area contributed by atoms with Crippen LogP contribution in [0.4, 0.5) is 0 Å². The van der Waals surface area contributed by atoms with E-state index in [1.165, 1.54) is 0 Å². The van der Waals surface area contributed by atoms with Crippen LogP contribution in [-0.2, 0) is 19.1 Å². The molecule has 0 aromatic rings. The van der Waals surface area contributed by atoms with E-state index in [1.54, 1.807) is 31.9 Å². The van der Waals surface area contributed by atoms with Crippen LogP contribution in [0.5, 0.6) is 0 Å². The van der Waals surface area contributed by atoms with Gasteiger partial charge < -0.3 is 15.0 Å². The lowest BCUT2D eigenvalue weighted by Crippen LogP contribution is -2.60. The number of carbonyl (C=O) groups excluding carboxylic acids is 3. The van der Waals surface area contributed by atoms with Gasteiger partial charge in [-0.1, -0.05) is 47.6 Å². The van der Waals surface area contributed by atoms with Gasteiger partial charge in [0.25, 0.3) is 0 Å². The first-order valence-corrected chi connectivity index (χ1v) is 11.8. The first-order valence-electron chi connectivity index (χ1n) is 11.8. The van der Waals surface area contributed by atoms with Gasteiger partial charge in [-0.05, 0) is 51.0 Å². The van der Waals surface area contributed by atoms with Gasteiger partial charge >= 0.3 is 5.97 Å². The molecular formula is C25H45N3O4. The average Bonchev–Trinajstić information content (AvgIpc) is 2.67. The minimum absolute atomic E-state index is 0.0793. The average molecular weight is 452 g/mol. The van der Waals surface area contributed by atoms with E-state index in [0.717, 1.165) is 19.4 Å². The lowest BCUT2D eigenvalue weighted by atomic mass is 9.84. The summed E-state index contributed by atoms with van der Waals surface area (Å²) in [5.41, 5.74) is 0.00247. The van der Waals surface area contributed by atoms with Crippen LogP contribution in [-0.4, -0.2) is 73.0 Å². The molecule has 1 rings (SSSR count). The normalized spacial score (nSPS) is 22.3. The number of rotatable bonds is 8. The topological polar surface area (TPSA) is 79.0 Å². The lowest BCUT2D eigenvalue weighted by molar-refractivity contribution is -0.142. The highest BCUT2D eigenvalue weighted by Crippen LogP contribution is 2.25. The molecule has 184 valence electrons. The lowest BCUT2D eigenvalue weighted by Gasteiger charge is -2.40. The summed E-state index contributed by atoms with van der Waals surface area (Å²) in [4.78, 5) is 42.6. The summed E-state index contributed by atoms with van der Waals surface area (Å²) in [5.74, 6) is 0.00556. The Morgan fingerprint density at radius 1 is 1.22 bits per heavy atom. The molecule has 1 saturated heterocycles. The predicted octanol–water partition coefficient (Wildman–Crippen LogP) is 3.24. The molecule has 7 nitrogen and oxygen atoms in total. The molecule has 0 unspecified atom stereocenters. The molecule has 1 aliphatic heterocycles. The number of hydrogen-bond acceptors (Lipinski definition) is 5. The van der Waals surface area contributed by atoms with Gasteiger partial charge in [-0.3, -0.25) is 14.5 Å². The van der Waals surface area contributed by atoms with Crippen LogP contribution in [0.3, 0.4) is 0 Å². The maximum atomic E-state index is 13.6. The van der Waals surface area contributed by atoms with Crippen molar-refractivity contribution in [2.45, 2.75) is 86.4 Å². The van der Waals surface area contributed by atoms with Gasteiger partial charge in [-0.25, -0.2) is 4.79 Å². The molecule has 0 aliphatic carbocycles. The molecule has 1 N–H and O–H groups in total. The van der Waals surface area contributed by atoms with Gasteiger partial charge in [-0.15, -0.1) is 0 Å². The maximum absolute atomic E-state index is 13.6. The number of carbonyl (C=O) groups is 3. The fraction of sp³-hybridized carbons (Fsp3) is 0.800. The Morgan fingerprint density at radius 3 is 2.28 bits per heavy atom. The summed E-state index contributed by atoms with van der Waals surface area (Å²) < 4.78 is 5.09. The predicted molar refractivity (Wildman–Crippen MR) is 128 cm³/mol. The van der Waals surface area contributed by atoms with Gasteiger partial charge in [0.1, 0.15) is 6.04 Å². The van der Waals surface area contributed by atoms with Crippen LogP contribution in [0.2, 0.25) is 0 Å². The van der Waals surface area contributed by atoms with E-state index in [0.29, 0.717) is 18.1 Å². The summed E-state index contributed by atoms with van der Waals surface area (Å²) in [6.45, 7) is 16.7. The quantitative estimate of drug-likeness (QED) is 0.453. The summed E-state index contributed by atoms with van der Waals surface area (Å²) in [7, 11) is 3.71. The molecule has 0 aromatic carbocycles. The van der Waals surface area contributed by atoms with E-state index in [-0.39, 0.29) is 35.8 Å². The van der Waals surface area contributed by atoms with E-state index in [2.05, 4.69) is 17.1 Å². The number of nitrogens with zero attached hydrogens (tertiary/aromatic N) is 2. The van der Waals surface area contributed by atoms with Crippen molar-refractivity contribution in [3.05, 3.63) is 11.6 Å². The van der Waals surface area contributed by atoms with Crippen molar-refractivity contribution in [2.75, 3.05) is 27.2 Å². The second-order valence-electron chi connectivity index (χ2n) is 10.7. The summed E-state index contributed by atoms with van der Waals surface area (Å²) >= 11 is 0.